The summed E-state index contributed by atoms with van der Waals surface area (Å²) in [5, 5.41) is 7.57. The Kier molecular flexibility index (Phi) is 7.94. The molecule has 0 atom stereocenters. The topological polar surface area (TPSA) is 74.2 Å². The lowest BCUT2D eigenvalue weighted by Crippen LogP contribution is -2.37. The zero-order chi connectivity index (χ0) is 26.7. The highest BCUT2D eigenvalue weighted by atomic mass is 35.5. The largest absolute Gasteiger partial charge is 0.451 e. The van der Waals surface area contributed by atoms with Gasteiger partial charge in [0.1, 0.15) is 5.82 Å². The Hall–Kier alpha value is -3.69. The quantitative estimate of drug-likeness (QED) is 0.286. The van der Waals surface area contributed by atoms with Crippen LogP contribution in [0.25, 0.3) is 0 Å². The number of hydrogen-bond acceptors (Lipinski definition) is 4. The predicted octanol–water partition coefficient (Wildman–Crippen LogP) is 6.41. The number of ether oxygens (including phenoxy) is 1. The van der Waals surface area contributed by atoms with E-state index in [0.717, 1.165) is 10.6 Å². The summed E-state index contributed by atoms with van der Waals surface area (Å²) < 4.78 is 34.3. The summed E-state index contributed by atoms with van der Waals surface area (Å²) >= 11 is 12.8. The van der Waals surface area contributed by atoms with Gasteiger partial charge in [0, 0.05) is 37.5 Å². The fourth-order valence-electron chi connectivity index (χ4n) is 3.94. The number of halogens is 4. The van der Waals surface area contributed by atoms with E-state index < -0.39 is 11.8 Å². The predicted molar refractivity (Wildman–Crippen MR) is 139 cm³/mol. The van der Waals surface area contributed by atoms with E-state index in [1.165, 1.54) is 49.7 Å². The van der Waals surface area contributed by atoms with Crippen molar-refractivity contribution in [3.63, 3.8) is 0 Å². The molecule has 3 amide bonds. The van der Waals surface area contributed by atoms with Gasteiger partial charge in [0.25, 0.3) is 5.91 Å². The molecule has 0 radical (unpaired) electrons. The van der Waals surface area contributed by atoms with E-state index in [9.17, 15) is 14.0 Å². The van der Waals surface area contributed by atoms with E-state index in [1.807, 2.05) is 0 Å². The van der Waals surface area contributed by atoms with Crippen molar-refractivity contribution in [3.8, 4) is 11.5 Å². The Morgan fingerprint density at radius 2 is 1.84 bits per heavy atom. The van der Waals surface area contributed by atoms with Gasteiger partial charge in [0.2, 0.25) is 0 Å². The SMILES string of the molecule is C/C=N\N(C(=O)NC)c1cc(Cl)c(Oc2ccc3c(c2F)CCN(Cc2ccc(F)cc2)C3=O)c(Cl)c1. The molecule has 7 nitrogen and oxygen atoms in total. The Morgan fingerprint density at radius 3 is 2.46 bits per heavy atom. The minimum Gasteiger partial charge on any atom is -0.451 e. The molecule has 1 heterocycles. The molecule has 3 aromatic carbocycles. The van der Waals surface area contributed by atoms with Crippen LogP contribution in [0.15, 0.2) is 53.6 Å². The summed E-state index contributed by atoms with van der Waals surface area (Å²) in [7, 11) is 1.45. The highest BCUT2D eigenvalue weighted by Crippen LogP contribution is 2.41. The normalized spacial score (nSPS) is 13.0. The van der Waals surface area contributed by atoms with Gasteiger partial charge in [-0.1, -0.05) is 35.3 Å². The third-order valence-electron chi connectivity index (χ3n) is 5.72. The molecule has 192 valence electrons. The number of amides is 3. The first-order chi connectivity index (χ1) is 17.7. The van der Waals surface area contributed by atoms with Gasteiger partial charge in [-0.2, -0.15) is 10.1 Å². The van der Waals surface area contributed by atoms with Crippen LogP contribution in [-0.4, -0.2) is 36.6 Å². The minimum atomic E-state index is -0.689. The number of rotatable bonds is 6. The van der Waals surface area contributed by atoms with Crippen LogP contribution in [0.1, 0.15) is 28.4 Å². The van der Waals surface area contributed by atoms with Gasteiger partial charge in [-0.3, -0.25) is 4.79 Å². The molecule has 0 aliphatic carbocycles. The number of hydrogen-bond donors (Lipinski definition) is 1. The first kappa shape index (κ1) is 26.4. The molecule has 1 aliphatic heterocycles. The van der Waals surface area contributed by atoms with Gasteiger partial charge < -0.3 is 15.0 Å². The number of nitrogens with one attached hydrogen (secondary N) is 1. The Morgan fingerprint density at radius 1 is 1.16 bits per heavy atom. The van der Waals surface area contributed by atoms with Crippen LogP contribution in [0.4, 0.5) is 19.3 Å². The van der Waals surface area contributed by atoms with E-state index >= 15 is 4.39 Å². The maximum Gasteiger partial charge on any atom is 0.342 e. The van der Waals surface area contributed by atoms with Gasteiger partial charge in [0.05, 0.1) is 15.7 Å². The number of carbonyl (C=O) groups is 2. The number of fused-ring (bicyclic) bond motifs is 1. The van der Waals surface area contributed by atoms with Crippen LogP contribution in [0.3, 0.4) is 0 Å². The molecule has 0 saturated carbocycles. The zero-order valence-corrected chi connectivity index (χ0v) is 21.4. The molecular formula is C26H22Cl2F2N4O3. The van der Waals surface area contributed by atoms with Gasteiger partial charge >= 0.3 is 6.03 Å². The first-order valence-corrected chi connectivity index (χ1v) is 12.0. The maximum absolute atomic E-state index is 15.4. The summed E-state index contributed by atoms with van der Waals surface area (Å²) in [5.41, 5.74) is 1.50. The molecule has 1 N–H and O–H groups in total. The molecule has 3 aromatic rings. The van der Waals surface area contributed by atoms with E-state index in [-0.39, 0.29) is 69.6 Å². The second-order valence-electron chi connectivity index (χ2n) is 8.09. The minimum absolute atomic E-state index is 0.0108. The van der Waals surface area contributed by atoms with Gasteiger partial charge in [-0.25, -0.2) is 13.6 Å². The van der Waals surface area contributed by atoms with Crippen LogP contribution in [0, 0.1) is 11.6 Å². The molecule has 0 aromatic heterocycles. The van der Waals surface area contributed by atoms with Gasteiger partial charge in [0.15, 0.2) is 17.3 Å². The van der Waals surface area contributed by atoms with E-state index in [0.29, 0.717) is 0 Å². The van der Waals surface area contributed by atoms with Crippen molar-refractivity contribution in [3.05, 3.63) is 86.9 Å². The van der Waals surface area contributed by atoms with Crippen molar-refractivity contribution in [1.29, 1.82) is 0 Å². The standard InChI is InChI=1S/C26H22Cl2F2N4O3/c1-3-32-34(26(36)31-2)17-12-20(27)24(21(28)13-17)37-22-9-8-19-18(23(22)30)10-11-33(25(19)35)14-15-4-6-16(29)7-5-15/h3-9,12-13H,10-11,14H2,1-2H3,(H,31,36)/b32-3-. The van der Waals surface area contributed by atoms with E-state index in [2.05, 4.69) is 10.4 Å². The van der Waals surface area contributed by atoms with E-state index in [4.69, 9.17) is 27.9 Å². The van der Waals surface area contributed by atoms with Crippen molar-refractivity contribution in [2.75, 3.05) is 18.6 Å². The Balaban J connectivity index is 1.58. The smallest absolute Gasteiger partial charge is 0.342 e. The Labute approximate surface area is 222 Å². The number of hydrazone groups is 1. The third-order valence-corrected chi connectivity index (χ3v) is 6.28. The third kappa shape index (κ3) is 5.52. The molecule has 0 saturated heterocycles. The molecule has 0 fully saturated rings. The summed E-state index contributed by atoms with van der Waals surface area (Å²) in [5.74, 6) is -1.54. The monoisotopic (exact) mass is 546 g/mol. The number of benzene rings is 3. The van der Waals surface area contributed by atoms with Crippen LogP contribution < -0.4 is 15.1 Å². The lowest BCUT2D eigenvalue weighted by Gasteiger charge is -2.29. The van der Waals surface area contributed by atoms with Crippen LogP contribution in [0.5, 0.6) is 11.5 Å². The zero-order valence-electron chi connectivity index (χ0n) is 19.9. The second-order valence-corrected chi connectivity index (χ2v) is 8.90. The van der Waals surface area contributed by atoms with Crippen LogP contribution in [0.2, 0.25) is 10.0 Å². The van der Waals surface area contributed by atoms with Crippen molar-refractivity contribution >= 4 is 47.0 Å². The van der Waals surface area contributed by atoms with Crippen molar-refractivity contribution in [2.24, 2.45) is 5.10 Å². The van der Waals surface area contributed by atoms with Crippen molar-refractivity contribution < 1.29 is 23.1 Å². The second kappa shape index (κ2) is 11.1. The number of urea groups is 1. The highest BCUT2D eigenvalue weighted by molar-refractivity contribution is 6.37. The first-order valence-electron chi connectivity index (χ1n) is 11.3. The molecule has 0 spiro atoms. The molecular weight excluding hydrogens is 525 g/mol. The van der Waals surface area contributed by atoms with E-state index in [1.54, 1.807) is 24.0 Å². The molecule has 1 aliphatic rings. The van der Waals surface area contributed by atoms with Crippen molar-refractivity contribution in [2.45, 2.75) is 19.9 Å². The number of nitrogens with zero attached hydrogens (tertiary/aromatic N) is 3. The summed E-state index contributed by atoms with van der Waals surface area (Å²) in [4.78, 5) is 26.7. The number of carbonyl (C=O) groups excluding carboxylic acids is 2. The lowest BCUT2D eigenvalue weighted by atomic mass is 9.97. The molecule has 0 unspecified atom stereocenters. The highest BCUT2D eigenvalue weighted by Gasteiger charge is 2.29. The molecule has 0 bridgehead atoms. The summed E-state index contributed by atoms with van der Waals surface area (Å²) in [6.45, 7) is 2.21. The summed E-state index contributed by atoms with van der Waals surface area (Å²) in [6.07, 6.45) is 1.69. The molecule has 11 heteroatoms. The Bertz CT molecular complexity index is 1360. The average Bonchev–Trinajstić information content (AvgIpc) is 2.88. The maximum atomic E-state index is 15.4. The number of anilines is 1. The fourth-order valence-corrected chi connectivity index (χ4v) is 4.49. The fraction of sp³-hybridized carbons (Fsp3) is 0.192. The lowest BCUT2D eigenvalue weighted by molar-refractivity contribution is 0.0725. The van der Waals surface area contributed by atoms with Crippen molar-refractivity contribution in [1.82, 2.24) is 10.2 Å². The van der Waals surface area contributed by atoms with Gasteiger partial charge in [-0.15, -0.1) is 0 Å². The van der Waals surface area contributed by atoms with Crippen LogP contribution >= 0.6 is 23.2 Å². The summed E-state index contributed by atoms with van der Waals surface area (Å²) in [6, 6.07) is 11.0. The van der Waals surface area contributed by atoms with Gasteiger partial charge in [-0.05, 0) is 55.3 Å². The molecule has 37 heavy (non-hydrogen) atoms. The van der Waals surface area contributed by atoms with Crippen LogP contribution in [-0.2, 0) is 13.0 Å². The molecule has 4 rings (SSSR count). The average molecular weight is 547 g/mol.